The highest BCUT2D eigenvalue weighted by atomic mass is 16.5. The van der Waals surface area contributed by atoms with E-state index in [1.807, 2.05) is 0 Å². The van der Waals surface area contributed by atoms with Gasteiger partial charge in [-0.3, -0.25) is 14.4 Å². The number of carbonyl (C=O) groups excluding carboxylic acids is 3. The number of carbonyl (C=O) groups is 3. The Morgan fingerprint density at radius 3 is 1.96 bits per heavy atom. The van der Waals surface area contributed by atoms with Crippen LogP contribution in [0.25, 0.3) is 0 Å². The minimum Gasteiger partial charge on any atom is -0.484 e. The highest BCUT2D eigenvalue weighted by molar-refractivity contribution is 5.95. The third-order valence-electron chi connectivity index (χ3n) is 3.37. The summed E-state index contributed by atoms with van der Waals surface area (Å²) in [6.07, 6.45) is 0. The summed E-state index contributed by atoms with van der Waals surface area (Å²) in [5.74, 6) is -0.0610. The molecule has 2 aromatic carbocycles. The van der Waals surface area contributed by atoms with Gasteiger partial charge in [0, 0.05) is 38.0 Å². The van der Waals surface area contributed by atoms with E-state index in [0.29, 0.717) is 22.7 Å². The minimum absolute atomic E-state index is 0.103. The van der Waals surface area contributed by atoms with Crippen LogP contribution >= 0.6 is 0 Å². The number of rotatable bonds is 6. The van der Waals surface area contributed by atoms with E-state index < -0.39 is 0 Å². The summed E-state index contributed by atoms with van der Waals surface area (Å²) in [5, 5.41) is 5.35. The summed E-state index contributed by atoms with van der Waals surface area (Å²) in [6, 6.07) is 13.3. The Labute approximate surface area is 152 Å². The van der Waals surface area contributed by atoms with E-state index in [9.17, 15) is 14.4 Å². The highest BCUT2D eigenvalue weighted by Crippen LogP contribution is 2.16. The molecule has 7 heteroatoms. The topological polar surface area (TPSA) is 87.7 Å². The lowest BCUT2D eigenvalue weighted by Crippen LogP contribution is -2.22. The van der Waals surface area contributed by atoms with Gasteiger partial charge in [0.2, 0.25) is 5.91 Å². The summed E-state index contributed by atoms with van der Waals surface area (Å²) in [5.41, 5.74) is 1.78. The molecule has 0 aliphatic rings. The smallest absolute Gasteiger partial charge is 0.262 e. The summed E-state index contributed by atoms with van der Waals surface area (Å²) in [7, 11) is 3.36. The molecule has 0 saturated carbocycles. The average molecular weight is 355 g/mol. The molecule has 26 heavy (non-hydrogen) atoms. The lowest BCUT2D eigenvalue weighted by atomic mass is 10.2. The fourth-order valence-corrected chi connectivity index (χ4v) is 2.14. The third-order valence-corrected chi connectivity index (χ3v) is 3.37. The van der Waals surface area contributed by atoms with Gasteiger partial charge in [-0.2, -0.15) is 0 Å². The molecule has 0 aromatic heterocycles. The number of nitrogens with one attached hydrogen (secondary N) is 2. The van der Waals surface area contributed by atoms with Crippen LogP contribution in [0.3, 0.4) is 0 Å². The summed E-state index contributed by atoms with van der Waals surface area (Å²) >= 11 is 0. The predicted octanol–water partition coefficient (Wildman–Crippen LogP) is 2.36. The molecule has 3 amide bonds. The number of benzene rings is 2. The number of nitrogens with zero attached hydrogens (tertiary/aromatic N) is 1. The molecule has 0 spiro atoms. The molecule has 0 heterocycles. The van der Waals surface area contributed by atoms with Gasteiger partial charge in [0.1, 0.15) is 5.75 Å². The molecular formula is C19H21N3O4. The lowest BCUT2D eigenvalue weighted by Gasteiger charge is -2.11. The van der Waals surface area contributed by atoms with Crippen LogP contribution in [0.5, 0.6) is 5.75 Å². The third kappa shape index (κ3) is 5.62. The number of amides is 3. The Morgan fingerprint density at radius 1 is 0.885 bits per heavy atom. The van der Waals surface area contributed by atoms with E-state index in [1.165, 1.54) is 11.8 Å². The van der Waals surface area contributed by atoms with Crippen molar-refractivity contribution in [1.82, 2.24) is 4.90 Å². The zero-order valence-corrected chi connectivity index (χ0v) is 14.9. The molecule has 136 valence electrons. The maximum atomic E-state index is 12.0. The predicted molar refractivity (Wildman–Crippen MR) is 99.3 cm³/mol. The molecule has 0 aliphatic carbocycles. The molecule has 2 rings (SSSR count). The SMILES string of the molecule is CC(=O)Nc1ccc(OCC(=O)Nc2ccc(C(=O)N(C)C)cc2)cc1. The number of ether oxygens (including phenoxy) is 1. The summed E-state index contributed by atoms with van der Waals surface area (Å²) in [4.78, 5) is 36.2. The number of hydrogen-bond donors (Lipinski definition) is 2. The van der Waals surface area contributed by atoms with Crippen LogP contribution in [-0.4, -0.2) is 43.3 Å². The van der Waals surface area contributed by atoms with Gasteiger partial charge in [-0.05, 0) is 48.5 Å². The van der Waals surface area contributed by atoms with Crippen LogP contribution in [0.1, 0.15) is 17.3 Å². The van der Waals surface area contributed by atoms with Gasteiger partial charge in [0.15, 0.2) is 6.61 Å². The van der Waals surface area contributed by atoms with Crippen molar-refractivity contribution in [2.45, 2.75) is 6.92 Å². The van der Waals surface area contributed by atoms with Crippen LogP contribution in [0.4, 0.5) is 11.4 Å². The van der Waals surface area contributed by atoms with E-state index in [4.69, 9.17) is 4.74 Å². The zero-order valence-electron chi connectivity index (χ0n) is 14.9. The number of hydrogen-bond acceptors (Lipinski definition) is 4. The Hall–Kier alpha value is -3.35. The van der Waals surface area contributed by atoms with Crippen molar-refractivity contribution >= 4 is 29.1 Å². The van der Waals surface area contributed by atoms with Gasteiger partial charge in [-0.25, -0.2) is 0 Å². The molecule has 0 saturated heterocycles. The largest absolute Gasteiger partial charge is 0.484 e. The quantitative estimate of drug-likeness (QED) is 0.833. The molecule has 0 fully saturated rings. The van der Waals surface area contributed by atoms with Gasteiger partial charge in [-0.15, -0.1) is 0 Å². The summed E-state index contributed by atoms with van der Waals surface area (Å²) < 4.78 is 5.41. The first-order chi connectivity index (χ1) is 12.3. The first-order valence-corrected chi connectivity index (χ1v) is 7.97. The van der Waals surface area contributed by atoms with Gasteiger partial charge in [-0.1, -0.05) is 0 Å². The second-order valence-electron chi connectivity index (χ2n) is 5.82. The van der Waals surface area contributed by atoms with Gasteiger partial charge < -0.3 is 20.3 Å². The molecule has 0 aliphatic heterocycles. The van der Waals surface area contributed by atoms with Gasteiger partial charge in [0.25, 0.3) is 11.8 Å². The fourth-order valence-electron chi connectivity index (χ4n) is 2.14. The molecule has 2 N–H and O–H groups in total. The fraction of sp³-hybridized carbons (Fsp3) is 0.211. The first-order valence-electron chi connectivity index (χ1n) is 7.97. The molecular weight excluding hydrogens is 334 g/mol. The Morgan fingerprint density at radius 2 is 1.42 bits per heavy atom. The second-order valence-corrected chi connectivity index (χ2v) is 5.82. The highest BCUT2D eigenvalue weighted by Gasteiger charge is 2.08. The van der Waals surface area contributed by atoms with Crippen molar-refractivity contribution in [3.05, 3.63) is 54.1 Å². The van der Waals surface area contributed by atoms with E-state index in [1.54, 1.807) is 62.6 Å². The van der Waals surface area contributed by atoms with Crippen LogP contribution < -0.4 is 15.4 Å². The van der Waals surface area contributed by atoms with Crippen LogP contribution in [0.2, 0.25) is 0 Å². The number of anilines is 2. The maximum absolute atomic E-state index is 12.0. The van der Waals surface area contributed by atoms with Crippen molar-refractivity contribution in [2.75, 3.05) is 31.3 Å². The van der Waals surface area contributed by atoms with E-state index in [0.717, 1.165) is 0 Å². The van der Waals surface area contributed by atoms with Crippen LogP contribution in [-0.2, 0) is 9.59 Å². The average Bonchev–Trinajstić information content (AvgIpc) is 2.60. The molecule has 0 unspecified atom stereocenters. The maximum Gasteiger partial charge on any atom is 0.262 e. The standard InChI is InChI=1S/C19H21N3O4/c1-13(23)20-15-8-10-17(11-9-15)26-12-18(24)21-16-6-4-14(5-7-16)19(25)22(2)3/h4-11H,12H2,1-3H3,(H,20,23)(H,21,24). The Balaban J connectivity index is 1.85. The normalized spacial score (nSPS) is 9.96. The van der Waals surface area contributed by atoms with Gasteiger partial charge in [0.05, 0.1) is 0 Å². The summed E-state index contributed by atoms with van der Waals surface area (Å²) in [6.45, 7) is 1.27. The van der Waals surface area contributed by atoms with E-state index in [2.05, 4.69) is 10.6 Å². The molecule has 7 nitrogen and oxygen atoms in total. The van der Waals surface area contributed by atoms with Crippen molar-refractivity contribution in [1.29, 1.82) is 0 Å². The van der Waals surface area contributed by atoms with Crippen LogP contribution in [0.15, 0.2) is 48.5 Å². The Bertz CT molecular complexity index is 783. The van der Waals surface area contributed by atoms with E-state index in [-0.39, 0.29) is 24.3 Å². The minimum atomic E-state index is -0.317. The molecule has 0 bridgehead atoms. The molecule has 0 atom stereocenters. The monoisotopic (exact) mass is 355 g/mol. The van der Waals surface area contributed by atoms with Gasteiger partial charge >= 0.3 is 0 Å². The first kappa shape index (κ1) is 19.0. The Kier molecular flexibility index (Phi) is 6.32. The van der Waals surface area contributed by atoms with E-state index >= 15 is 0 Å². The van der Waals surface area contributed by atoms with Crippen molar-refractivity contribution in [2.24, 2.45) is 0 Å². The lowest BCUT2D eigenvalue weighted by molar-refractivity contribution is -0.118. The van der Waals surface area contributed by atoms with Crippen molar-refractivity contribution < 1.29 is 19.1 Å². The zero-order chi connectivity index (χ0) is 19.1. The van der Waals surface area contributed by atoms with Crippen molar-refractivity contribution in [3.8, 4) is 5.75 Å². The van der Waals surface area contributed by atoms with Crippen LogP contribution in [0, 0.1) is 0 Å². The second kappa shape index (κ2) is 8.66. The molecule has 2 aromatic rings. The molecule has 0 radical (unpaired) electrons. The van der Waals surface area contributed by atoms with Crippen molar-refractivity contribution in [3.63, 3.8) is 0 Å².